The van der Waals surface area contributed by atoms with Crippen LogP contribution in [-0.4, -0.2) is 16.5 Å². The van der Waals surface area contributed by atoms with E-state index in [4.69, 9.17) is 0 Å². The number of amides is 1. The predicted molar refractivity (Wildman–Crippen MR) is 103 cm³/mol. The Morgan fingerprint density at radius 1 is 1.07 bits per heavy atom. The van der Waals surface area contributed by atoms with E-state index in [2.05, 4.69) is 0 Å². The van der Waals surface area contributed by atoms with Crippen LogP contribution >= 0.6 is 0 Å². The maximum absolute atomic E-state index is 13.2. The Hall–Kier alpha value is -3.21. The summed E-state index contributed by atoms with van der Waals surface area (Å²) < 4.78 is 14.6. The van der Waals surface area contributed by atoms with E-state index in [-0.39, 0.29) is 35.4 Å². The lowest BCUT2D eigenvalue weighted by atomic mass is 10.1. The largest absolute Gasteiger partial charge is 0.310 e. The van der Waals surface area contributed by atoms with E-state index in [1.54, 1.807) is 35.4 Å². The minimum Gasteiger partial charge on any atom is -0.310 e. The second-order valence-electron chi connectivity index (χ2n) is 6.84. The summed E-state index contributed by atoms with van der Waals surface area (Å²) in [6.45, 7) is 2.27. The third-order valence-corrected chi connectivity index (χ3v) is 4.94. The van der Waals surface area contributed by atoms with Crippen LogP contribution in [-0.2, 0) is 13.0 Å². The fourth-order valence-corrected chi connectivity index (χ4v) is 3.62. The van der Waals surface area contributed by atoms with Gasteiger partial charge in [-0.15, -0.1) is 0 Å². The van der Waals surface area contributed by atoms with Crippen LogP contribution in [0.2, 0.25) is 0 Å². The summed E-state index contributed by atoms with van der Waals surface area (Å²) in [6, 6.07) is 17.0. The van der Waals surface area contributed by atoms with E-state index in [9.17, 15) is 14.0 Å². The highest BCUT2D eigenvalue weighted by molar-refractivity contribution is 6.07. The van der Waals surface area contributed by atoms with Gasteiger partial charge in [0.15, 0.2) is 0 Å². The molecule has 0 spiro atoms. The van der Waals surface area contributed by atoms with Gasteiger partial charge in [-0.05, 0) is 54.8 Å². The third-order valence-electron chi connectivity index (χ3n) is 4.94. The number of para-hydroxylation sites is 1. The van der Waals surface area contributed by atoms with Gasteiger partial charge in [0.1, 0.15) is 11.4 Å². The van der Waals surface area contributed by atoms with Crippen LogP contribution in [0.5, 0.6) is 0 Å². The molecule has 1 amide bonds. The van der Waals surface area contributed by atoms with Gasteiger partial charge in [0.2, 0.25) is 0 Å². The lowest BCUT2D eigenvalue weighted by molar-refractivity contribution is 0.0979. The maximum atomic E-state index is 13.2. The zero-order valence-electron chi connectivity index (χ0n) is 14.9. The van der Waals surface area contributed by atoms with Crippen molar-refractivity contribution in [3.63, 3.8) is 0 Å². The van der Waals surface area contributed by atoms with E-state index in [0.29, 0.717) is 0 Å². The molecule has 5 heteroatoms. The Labute approximate surface area is 156 Å². The quantitative estimate of drug-likeness (QED) is 0.714. The number of halogens is 1. The molecule has 0 saturated heterocycles. The molecule has 0 bridgehead atoms. The summed E-state index contributed by atoms with van der Waals surface area (Å²) in [7, 11) is 0. The van der Waals surface area contributed by atoms with Crippen LogP contribution in [0, 0.1) is 5.82 Å². The van der Waals surface area contributed by atoms with Gasteiger partial charge in [0.05, 0.1) is 6.54 Å². The zero-order chi connectivity index (χ0) is 19.0. The van der Waals surface area contributed by atoms with Gasteiger partial charge >= 0.3 is 0 Å². The molecule has 1 aromatic heterocycles. The molecule has 0 unspecified atom stereocenters. The fraction of sp³-hybridized carbons (Fsp3) is 0.182. The summed E-state index contributed by atoms with van der Waals surface area (Å²) >= 11 is 0. The smallest absolute Gasteiger partial charge is 0.264 e. The first-order valence-electron chi connectivity index (χ1n) is 8.90. The number of hydrogen-bond donors (Lipinski definition) is 0. The Kier molecular flexibility index (Phi) is 4.36. The van der Waals surface area contributed by atoms with Crippen LogP contribution in [0.1, 0.15) is 28.4 Å². The summed E-state index contributed by atoms with van der Waals surface area (Å²) in [4.78, 5) is 27.8. The van der Waals surface area contributed by atoms with Crippen molar-refractivity contribution in [2.75, 3.05) is 4.90 Å². The van der Waals surface area contributed by atoms with Crippen molar-refractivity contribution >= 4 is 11.6 Å². The number of aromatic nitrogens is 1. The molecule has 136 valence electrons. The molecule has 2 aromatic carbocycles. The van der Waals surface area contributed by atoms with Crippen LogP contribution < -0.4 is 10.5 Å². The summed E-state index contributed by atoms with van der Waals surface area (Å²) in [5.74, 6) is -0.609. The molecule has 3 aromatic rings. The van der Waals surface area contributed by atoms with Crippen molar-refractivity contribution in [2.45, 2.75) is 25.9 Å². The van der Waals surface area contributed by atoms with E-state index in [1.807, 2.05) is 31.2 Å². The molecule has 0 radical (unpaired) electrons. The first-order chi connectivity index (χ1) is 13.0. The zero-order valence-corrected chi connectivity index (χ0v) is 14.9. The molecule has 1 atom stereocenters. The van der Waals surface area contributed by atoms with E-state index >= 15 is 0 Å². The Bertz CT molecular complexity index is 1060. The number of carbonyl (C=O) groups is 1. The highest BCUT2D eigenvalue weighted by Crippen LogP contribution is 2.32. The molecular formula is C22H19FN2O2. The topological polar surface area (TPSA) is 42.3 Å². The molecule has 4 rings (SSSR count). The van der Waals surface area contributed by atoms with Gasteiger partial charge in [-0.1, -0.05) is 30.3 Å². The van der Waals surface area contributed by atoms with E-state index < -0.39 is 0 Å². The normalized spacial score (nSPS) is 15.6. The molecule has 0 N–H and O–H groups in total. The van der Waals surface area contributed by atoms with Crippen molar-refractivity contribution in [1.29, 1.82) is 0 Å². The molecule has 27 heavy (non-hydrogen) atoms. The first kappa shape index (κ1) is 17.2. The summed E-state index contributed by atoms with van der Waals surface area (Å²) in [6.07, 6.45) is 2.42. The van der Waals surface area contributed by atoms with E-state index in [0.717, 1.165) is 23.2 Å². The number of nitrogens with zero attached hydrogens (tertiary/aromatic N) is 2. The molecule has 0 aliphatic carbocycles. The minimum absolute atomic E-state index is 0.0000506. The second kappa shape index (κ2) is 6.83. The number of pyridine rings is 1. The van der Waals surface area contributed by atoms with Crippen molar-refractivity contribution < 1.29 is 9.18 Å². The number of fused-ring (bicyclic) bond motifs is 1. The number of hydrogen-bond acceptors (Lipinski definition) is 2. The van der Waals surface area contributed by atoms with Crippen LogP contribution in [0.15, 0.2) is 71.7 Å². The Morgan fingerprint density at radius 3 is 2.59 bits per heavy atom. The average Bonchev–Trinajstić information content (AvgIpc) is 3.00. The summed E-state index contributed by atoms with van der Waals surface area (Å²) in [5, 5.41) is 0. The lowest BCUT2D eigenvalue weighted by Gasteiger charge is -2.22. The number of benzene rings is 2. The van der Waals surface area contributed by atoms with Gasteiger partial charge in [-0.3, -0.25) is 9.59 Å². The van der Waals surface area contributed by atoms with Crippen LogP contribution in [0.4, 0.5) is 10.1 Å². The van der Waals surface area contributed by atoms with Crippen molar-refractivity contribution in [3.8, 4) is 0 Å². The minimum atomic E-state index is -0.344. The average molecular weight is 362 g/mol. The van der Waals surface area contributed by atoms with Gasteiger partial charge in [-0.2, -0.15) is 0 Å². The van der Waals surface area contributed by atoms with Crippen molar-refractivity contribution in [2.24, 2.45) is 0 Å². The molecule has 1 aliphatic heterocycles. The van der Waals surface area contributed by atoms with Gasteiger partial charge in [-0.25, -0.2) is 4.39 Å². The van der Waals surface area contributed by atoms with Crippen molar-refractivity contribution in [3.05, 3.63) is 99.7 Å². The van der Waals surface area contributed by atoms with Gasteiger partial charge in [0.25, 0.3) is 11.5 Å². The first-order valence-corrected chi connectivity index (χ1v) is 8.90. The Balaban J connectivity index is 1.67. The molecule has 0 fully saturated rings. The van der Waals surface area contributed by atoms with Crippen molar-refractivity contribution in [1.82, 2.24) is 4.57 Å². The lowest BCUT2D eigenvalue weighted by Crippen LogP contribution is -2.39. The molecule has 1 aliphatic rings. The number of anilines is 1. The SMILES string of the molecule is C[C@@H]1Cc2ccccc2N1C(=O)c1cccn(Cc2ccc(F)cc2)c1=O. The third kappa shape index (κ3) is 3.16. The predicted octanol–water partition coefficient (Wildman–Crippen LogP) is 3.63. The fourth-order valence-electron chi connectivity index (χ4n) is 3.62. The van der Waals surface area contributed by atoms with E-state index in [1.165, 1.54) is 16.7 Å². The maximum Gasteiger partial charge on any atom is 0.264 e. The monoisotopic (exact) mass is 362 g/mol. The standard InChI is InChI=1S/C22H19FN2O2/c1-15-13-17-5-2-3-7-20(17)25(15)22(27)19-6-4-12-24(21(19)26)14-16-8-10-18(23)11-9-16/h2-12,15H,13-14H2,1H3/t15-/m1/s1. The van der Waals surface area contributed by atoms with Gasteiger partial charge < -0.3 is 9.47 Å². The molecule has 2 heterocycles. The molecule has 0 saturated carbocycles. The van der Waals surface area contributed by atoms with Gasteiger partial charge in [0, 0.05) is 17.9 Å². The Morgan fingerprint density at radius 2 is 1.81 bits per heavy atom. The number of rotatable bonds is 3. The highest BCUT2D eigenvalue weighted by Gasteiger charge is 2.32. The molecular weight excluding hydrogens is 343 g/mol. The summed E-state index contributed by atoms with van der Waals surface area (Å²) in [5.41, 5.74) is 2.57. The van der Waals surface area contributed by atoms with Crippen LogP contribution in [0.25, 0.3) is 0 Å². The molecule has 4 nitrogen and oxygen atoms in total. The number of carbonyl (C=O) groups excluding carboxylic acids is 1. The second-order valence-corrected chi connectivity index (χ2v) is 6.84. The van der Waals surface area contributed by atoms with Crippen LogP contribution in [0.3, 0.4) is 0 Å². The highest BCUT2D eigenvalue weighted by atomic mass is 19.1.